The maximum Gasteiger partial charge on any atom is 0.354 e. The second-order valence-electron chi connectivity index (χ2n) is 9.92. The Bertz CT molecular complexity index is 1590. The van der Waals surface area contributed by atoms with Crippen molar-refractivity contribution in [2.45, 2.75) is 38.5 Å². The Hall–Kier alpha value is -3.86. The van der Waals surface area contributed by atoms with Crippen molar-refractivity contribution >= 4 is 34.8 Å². The fourth-order valence-electron chi connectivity index (χ4n) is 4.90. The molecule has 4 aromatic rings. The SMILES string of the molecule is O=C(O)c1ccc2nc(CN3CCC(=Cc4cccc(Oc5ccc(Cl)cc5F)n4)CC3)n(CC3CCO3)c2n1. The van der Waals surface area contributed by atoms with Crippen LogP contribution in [0.2, 0.25) is 5.02 Å². The van der Waals surface area contributed by atoms with Gasteiger partial charge in [-0.05, 0) is 61.7 Å². The largest absolute Gasteiger partial charge is 0.477 e. The number of aromatic nitrogens is 4. The second kappa shape index (κ2) is 11.3. The highest BCUT2D eigenvalue weighted by molar-refractivity contribution is 6.30. The molecule has 3 aromatic heterocycles. The van der Waals surface area contributed by atoms with E-state index in [-0.39, 0.29) is 17.5 Å². The molecule has 206 valence electrons. The number of benzene rings is 1. The number of hydrogen-bond acceptors (Lipinski definition) is 7. The fraction of sp³-hybridized carbons (Fsp3) is 0.310. The summed E-state index contributed by atoms with van der Waals surface area (Å²) in [6, 6.07) is 12.9. The molecule has 5 heterocycles. The van der Waals surface area contributed by atoms with E-state index in [9.17, 15) is 14.3 Å². The van der Waals surface area contributed by atoms with E-state index >= 15 is 0 Å². The van der Waals surface area contributed by atoms with Gasteiger partial charge in [0.2, 0.25) is 5.88 Å². The minimum Gasteiger partial charge on any atom is -0.477 e. The van der Waals surface area contributed by atoms with Crippen LogP contribution in [0.4, 0.5) is 4.39 Å². The van der Waals surface area contributed by atoms with Crippen molar-refractivity contribution in [2.24, 2.45) is 0 Å². The van der Waals surface area contributed by atoms with E-state index in [1.165, 1.54) is 23.8 Å². The molecule has 0 aliphatic carbocycles. The lowest BCUT2D eigenvalue weighted by atomic mass is 10.0. The van der Waals surface area contributed by atoms with Crippen LogP contribution in [0.5, 0.6) is 11.6 Å². The first-order valence-corrected chi connectivity index (χ1v) is 13.5. The molecule has 40 heavy (non-hydrogen) atoms. The highest BCUT2D eigenvalue weighted by atomic mass is 35.5. The van der Waals surface area contributed by atoms with Crippen LogP contribution in [0.3, 0.4) is 0 Å². The Labute approximate surface area is 234 Å². The minimum absolute atomic E-state index is 0.00357. The van der Waals surface area contributed by atoms with Crippen molar-refractivity contribution in [3.05, 3.63) is 82.2 Å². The lowest BCUT2D eigenvalue weighted by Gasteiger charge is -2.30. The molecule has 0 bridgehead atoms. The first-order chi connectivity index (χ1) is 19.4. The molecule has 1 unspecified atom stereocenters. The first-order valence-electron chi connectivity index (χ1n) is 13.1. The van der Waals surface area contributed by atoms with E-state index in [2.05, 4.69) is 20.9 Å². The summed E-state index contributed by atoms with van der Waals surface area (Å²) in [6.07, 6.45) is 4.84. The van der Waals surface area contributed by atoms with Gasteiger partial charge in [0.25, 0.3) is 0 Å². The molecule has 6 rings (SSSR count). The van der Waals surface area contributed by atoms with Crippen molar-refractivity contribution in [3.63, 3.8) is 0 Å². The number of piperidine rings is 1. The maximum atomic E-state index is 14.1. The summed E-state index contributed by atoms with van der Waals surface area (Å²) in [5.41, 5.74) is 3.28. The molecule has 1 atom stereocenters. The van der Waals surface area contributed by atoms with E-state index in [1.54, 1.807) is 18.2 Å². The van der Waals surface area contributed by atoms with Gasteiger partial charge in [-0.3, -0.25) is 4.90 Å². The van der Waals surface area contributed by atoms with Crippen LogP contribution in [0.15, 0.2) is 54.1 Å². The Morgan fingerprint density at radius 3 is 2.70 bits per heavy atom. The zero-order chi connectivity index (χ0) is 27.6. The Balaban J connectivity index is 1.13. The molecule has 0 spiro atoms. The number of carboxylic acid groups (broad SMARTS) is 1. The van der Waals surface area contributed by atoms with Crippen molar-refractivity contribution in [2.75, 3.05) is 19.7 Å². The molecule has 2 aliphatic rings. The smallest absolute Gasteiger partial charge is 0.354 e. The number of aromatic carboxylic acids is 1. The van der Waals surface area contributed by atoms with Crippen molar-refractivity contribution in [1.82, 2.24) is 24.4 Å². The molecule has 9 nitrogen and oxygen atoms in total. The van der Waals surface area contributed by atoms with E-state index in [1.807, 2.05) is 16.7 Å². The van der Waals surface area contributed by atoms with Gasteiger partial charge in [0.1, 0.15) is 11.3 Å². The van der Waals surface area contributed by atoms with E-state index in [4.69, 9.17) is 26.1 Å². The zero-order valence-electron chi connectivity index (χ0n) is 21.6. The summed E-state index contributed by atoms with van der Waals surface area (Å²) in [4.78, 5) is 27.5. The highest BCUT2D eigenvalue weighted by Crippen LogP contribution is 2.27. The molecule has 0 radical (unpaired) electrons. The molecule has 1 aromatic carbocycles. The minimum atomic E-state index is -1.06. The summed E-state index contributed by atoms with van der Waals surface area (Å²) < 4.78 is 27.4. The van der Waals surface area contributed by atoms with Gasteiger partial charge in [-0.1, -0.05) is 23.2 Å². The number of nitrogens with zero attached hydrogens (tertiary/aromatic N) is 5. The predicted molar refractivity (Wildman–Crippen MR) is 147 cm³/mol. The van der Waals surface area contributed by atoms with Crippen LogP contribution in [0.1, 0.15) is 41.3 Å². The van der Waals surface area contributed by atoms with Crippen LogP contribution < -0.4 is 4.74 Å². The van der Waals surface area contributed by atoms with Crippen LogP contribution in [-0.4, -0.2) is 61.3 Å². The fourth-order valence-corrected chi connectivity index (χ4v) is 5.06. The monoisotopic (exact) mass is 563 g/mol. The first kappa shape index (κ1) is 26.4. The number of ether oxygens (including phenoxy) is 2. The van der Waals surface area contributed by atoms with Crippen molar-refractivity contribution in [1.29, 1.82) is 0 Å². The number of hydrogen-bond donors (Lipinski definition) is 1. The Kier molecular flexibility index (Phi) is 7.46. The number of likely N-dealkylation sites (tertiary alicyclic amines) is 1. The molecule has 0 saturated carbocycles. The molecule has 1 N–H and O–H groups in total. The normalized spacial score (nSPS) is 17.6. The standard InChI is InChI=1S/C29H27ClFN5O4/c30-19-4-7-25(22(31)15-19)40-27-3-1-2-20(32-27)14-18-8-11-35(12-9-18)17-26-33-23-5-6-24(29(37)38)34-28(23)36(26)16-21-10-13-39-21/h1-7,14-15,21H,8-13,16-17H2,(H,37,38). The third-order valence-electron chi connectivity index (χ3n) is 7.14. The topological polar surface area (TPSA) is 103 Å². The average Bonchev–Trinajstić information content (AvgIpc) is 3.25. The summed E-state index contributed by atoms with van der Waals surface area (Å²) in [5, 5.41) is 9.72. The van der Waals surface area contributed by atoms with Gasteiger partial charge in [-0.2, -0.15) is 0 Å². The number of carboxylic acids is 1. The molecule has 2 aliphatic heterocycles. The number of carbonyl (C=O) groups is 1. The molecular weight excluding hydrogens is 537 g/mol. The molecule has 11 heteroatoms. The van der Waals surface area contributed by atoms with Gasteiger partial charge < -0.3 is 19.1 Å². The Morgan fingerprint density at radius 2 is 1.98 bits per heavy atom. The summed E-state index contributed by atoms with van der Waals surface area (Å²) in [7, 11) is 0. The lowest BCUT2D eigenvalue weighted by molar-refractivity contribution is -0.0592. The van der Waals surface area contributed by atoms with Gasteiger partial charge in [-0.25, -0.2) is 24.1 Å². The lowest BCUT2D eigenvalue weighted by Crippen LogP contribution is -2.34. The molecule has 2 saturated heterocycles. The third-order valence-corrected chi connectivity index (χ3v) is 7.37. The van der Waals surface area contributed by atoms with E-state index < -0.39 is 11.8 Å². The maximum absolute atomic E-state index is 14.1. The van der Waals surface area contributed by atoms with Crippen LogP contribution >= 0.6 is 11.6 Å². The number of halogens is 2. The number of rotatable bonds is 8. The van der Waals surface area contributed by atoms with Crippen LogP contribution in [0, 0.1) is 5.82 Å². The van der Waals surface area contributed by atoms with Crippen molar-refractivity contribution in [3.8, 4) is 11.6 Å². The second-order valence-corrected chi connectivity index (χ2v) is 10.4. The van der Waals surface area contributed by atoms with Gasteiger partial charge in [0.15, 0.2) is 22.9 Å². The number of pyridine rings is 2. The van der Waals surface area contributed by atoms with E-state index in [0.717, 1.165) is 50.5 Å². The summed E-state index contributed by atoms with van der Waals surface area (Å²) >= 11 is 5.83. The molecule has 0 amide bonds. The van der Waals surface area contributed by atoms with Gasteiger partial charge >= 0.3 is 5.97 Å². The third kappa shape index (κ3) is 5.84. The highest BCUT2D eigenvalue weighted by Gasteiger charge is 2.25. The van der Waals surface area contributed by atoms with E-state index in [0.29, 0.717) is 35.2 Å². The predicted octanol–water partition coefficient (Wildman–Crippen LogP) is 5.58. The van der Waals surface area contributed by atoms with Crippen LogP contribution in [0.25, 0.3) is 17.2 Å². The number of fused-ring (bicyclic) bond motifs is 1. The van der Waals surface area contributed by atoms with Crippen LogP contribution in [-0.2, 0) is 17.8 Å². The van der Waals surface area contributed by atoms with Gasteiger partial charge in [0.05, 0.1) is 24.9 Å². The number of imidazole rings is 1. The summed E-state index contributed by atoms with van der Waals surface area (Å²) in [5.74, 6) is -0.373. The van der Waals surface area contributed by atoms with Crippen molar-refractivity contribution < 1.29 is 23.8 Å². The molecular formula is C29H27ClFN5O4. The Morgan fingerprint density at radius 1 is 1.15 bits per heavy atom. The van der Waals surface area contributed by atoms with Gasteiger partial charge in [0, 0.05) is 30.8 Å². The molecule has 2 fully saturated rings. The summed E-state index contributed by atoms with van der Waals surface area (Å²) in [6.45, 7) is 3.66. The quantitative estimate of drug-likeness (QED) is 0.296. The average molecular weight is 564 g/mol. The van der Waals surface area contributed by atoms with Gasteiger partial charge in [-0.15, -0.1) is 0 Å². The zero-order valence-corrected chi connectivity index (χ0v) is 22.4.